The van der Waals surface area contributed by atoms with Crippen LogP contribution in [0, 0.1) is 0 Å². The minimum Gasteiger partial charge on any atom is -0.313 e. The molecule has 0 atom stereocenters. The summed E-state index contributed by atoms with van der Waals surface area (Å²) in [6, 6.07) is 2.30. The SMILES string of the molecule is CC(C)NCCn1cc(S(=O)(=O)NCc2ccsc2)cn1. The second-order valence-corrected chi connectivity index (χ2v) is 7.55. The lowest BCUT2D eigenvalue weighted by Gasteiger charge is -2.07. The molecule has 0 aliphatic carbocycles. The van der Waals surface area contributed by atoms with E-state index in [1.165, 1.54) is 6.20 Å². The molecule has 8 heteroatoms. The summed E-state index contributed by atoms with van der Waals surface area (Å²) in [5.41, 5.74) is 0.956. The van der Waals surface area contributed by atoms with Gasteiger partial charge in [-0.25, -0.2) is 13.1 Å². The third kappa shape index (κ3) is 4.92. The van der Waals surface area contributed by atoms with E-state index in [1.807, 2.05) is 16.8 Å². The standard InChI is InChI=1S/C13H20N4O2S2/c1-11(2)14-4-5-17-9-13(8-15-17)21(18,19)16-7-12-3-6-20-10-12/h3,6,8-11,14,16H,4-5,7H2,1-2H3. The van der Waals surface area contributed by atoms with E-state index in [2.05, 4.69) is 29.0 Å². The largest absolute Gasteiger partial charge is 0.313 e. The average Bonchev–Trinajstić information content (AvgIpc) is 3.07. The van der Waals surface area contributed by atoms with Gasteiger partial charge in [0.1, 0.15) is 4.90 Å². The van der Waals surface area contributed by atoms with Gasteiger partial charge in [-0.15, -0.1) is 0 Å². The van der Waals surface area contributed by atoms with E-state index in [9.17, 15) is 8.42 Å². The van der Waals surface area contributed by atoms with Gasteiger partial charge >= 0.3 is 0 Å². The lowest BCUT2D eigenvalue weighted by molar-refractivity contribution is 0.514. The monoisotopic (exact) mass is 328 g/mol. The fourth-order valence-corrected chi connectivity index (χ4v) is 3.37. The zero-order valence-corrected chi connectivity index (χ0v) is 13.7. The molecule has 21 heavy (non-hydrogen) atoms. The summed E-state index contributed by atoms with van der Waals surface area (Å²) in [5.74, 6) is 0. The molecule has 0 aliphatic heterocycles. The third-order valence-corrected chi connectivity index (χ3v) is 4.95. The Kier molecular flexibility index (Phi) is 5.51. The van der Waals surface area contributed by atoms with Crippen LogP contribution in [0.1, 0.15) is 19.4 Å². The van der Waals surface area contributed by atoms with E-state index in [1.54, 1.807) is 22.2 Å². The Morgan fingerprint density at radius 2 is 2.24 bits per heavy atom. The van der Waals surface area contributed by atoms with Crippen molar-refractivity contribution in [3.63, 3.8) is 0 Å². The maximum absolute atomic E-state index is 12.1. The first-order chi connectivity index (χ1) is 9.97. The summed E-state index contributed by atoms with van der Waals surface area (Å²) in [5, 5.41) is 11.2. The number of nitrogens with zero attached hydrogens (tertiary/aromatic N) is 2. The molecular formula is C13H20N4O2S2. The molecule has 0 saturated carbocycles. The molecule has 2 aromatic rings. The van der Waals surface area contributed by atoms with E-state index in [0.29, 0.717) is 19.1 Å². The van der Waals surface area contributed by atoms with E-state index >= 15 is 0 Å². The lowest BCUT2D eigenvalue weighted by atomic mass is 10.4. The van der Waals surface area contributed by atoms with Gasteiger partial charge < -0.3 is 5.32 Å². The summed E-state index contributed by atoms with van der Waals surface area (Å²) >= 11 is 1.54. The van der Waals surface area contributed by atoms with E-state index in [0.717, 1.165) is 12.1 Å². The van der Waals surface area contributed by atoms with Crippen LogP contribution < -0.4 is 10.0 Å². The van der Waals surface area contributed by atoms with Crippen LogP contribution in [0.25, 0.3) is 0 Å². The second kappa shape index (κ2) is 7.17. The van der Waals surface area contributed by atoms with Crippen molar-refractivity contribution in [2.24, 2.45) is 0 Å². The highest BCUT2D eigenvalue weighted by Crippen LogP contribution is 2.10. The van der Waals surface area contributed by atoms with Gasteiger partial charge in [0.2, 0.25) is 10.0 Å². The Hall–Kier alpha value is -1.22. The van der Waals surface area contributed by atoms with Gasteiger partial charge in [0.25, 0.3) is 0 Å². The summed E-state index contributed by atoms with van der Waals surface area (Å²) in [6.45, 7) is 5.81. The summed E-state index contributed by atoms with van der Waals surface area (Å²) in [6.07, 6.45) is 2.93. The van der Waals surface area contributed by atoms with Crippen LogP contribution >= 0.6 is 11.3 Å². The first-order valence-electron chi connectivity index (χ1n) is 6.74. The molecule has 2 heterocycles. The highest BCUT2D eigenvalue weighted by molar-refractivity contribution is 7.89. The van der Waals surface area contributed by atoms with E-state index in [4.69, 9.17) is 0 Å². The molecule has 0 aromatic carbocycles. The quantitative estimate of drug-likeness (QED) is 0.768. The molecule has 2 aromatic heterocycles. The molecule has 0 radical (unpaired) electrons. The Labute approximate surface area is 129 Å². The van der Waals surface area contributed by atoms with Crippen molar-refractivity contribution in [3.8, 4) is 0 Å². The molecule has 116 valence electrons. The van der Waals surface area contributed by atoms with Crippen molar-refractivity contribution in [2.75, 3.05) is 6.54 Å². The van der Waals surface area contributed by atoms with Crippen molar-refractivity contribution in [3.05, 3.63) is 34.8 Å². The number of hydrogen-bond donors (Lipinski definition) is 2. The molecule has 0 spiro atoms. The van der Waals surface area contributed by atoms with Gasteiger partial charge in [-0.2, -0.15) is 16.4 Å². The first-order valence-corrected chi connectivity index (χ1v) is 9.16. The van der Waals surface area contributed by atoms with Crippen molar-refractivity contribution >= 4 is 21.4 Å². The fraction of sp³-hybridized carbons (Fsp3) is 0.462. The molecule has 0 unspecified atom stereocenters. The number of sulfonamides is 1. The summed E-state index contributed by atoms with van der Waals surface area (Å²) in [7, 11) is -3.51. The third-order valence-electron chi connectivity index (χ3n) is 2.86. The van der Waals surface area contributed by atoms with Gasteiger partial charge in [-0.1, -0.05) is 13.8 Å². The van der Waals surface area contributed by atoms with Crippen LogP contribution in [-0.4, -0.2) is 30.8 Å². The number of thiophene rings is 1. The van der Waals surface area contributed by atoms with Crippen molar-refractivity contribution < 1.29 is 8.42 Å². The predicted molar refractivity (Wildman–Crippen MR) is 83.7 cm³/mol. The van der Waals surface area contributed by atoms with Crippen molar-refractivity contribution in [2.45, 2.75) is 37.9 Å². The van der Waals surface area contributed by atoms with Crippen LogP contribution in [0.3, 0.4) is 0 Å². The van der Waals surface area contributed by atoms with Crippen LogP contribution in [0.5, 0.6) is 0 Å². The summed E-state index contributed by atoms with van der Waals surface area (Å²) in [4.78, 5) is 0.197. The van der Waals surface area contributed by atoms with Gasteiger partial charge in [0, 0.05) is 25.3 Å². The molecule has 2 rings (SSSR count). The molecule has 2 N–H and O–H groups in total. The highest BCUT2D eigenvalue weighted by atomic mass is 32.2. The first kappa shape index (κ1) is 16.2. The van der Waals surface area contributed by atoms with Crippen LogP contribution in [-0.2, 0) is 23.1 Å². The van der Waals surface area contributed by atoms with Gasteiger partial charge in [-0.3, -0.25) is 4.68 Å². The number of rotatable bonds is 8. The molecule has 6 nitrogen and oxygen atoms in total. The van der Waals surface area contributed by atoms with Crippen molar-refractivity contribution in [1.82, 2.24) is 19.8 Å². The van der Waals surface area contributed by atoms with E-state index in [-0.39, 0.29) is 4.90 Å². The molecule has 0 bridgehead atoms. The number of hydrogen-bond acceptors (Lipinski definition) is 5. The minimum atomic E-state index is -3.51. The maximum atomic E-state index is 12.1. The number of nitrogens with one attached hydrogen (secondary N) is 2. The molecule has 0 aliphatic rings. The van der Waals surface area contributed by atoms with Crippen LogP contribution in [0.15, 0.2) is 34.1 Å². The minimum absolute atomic E-state index is 0.197. The predicted octanol–water partition coefficient (Wildman–Crippen LogP) is 1.42. The molecule has 0 fully saturated rings. The van der Waals surface area contributed by atoms with E-state index < -0.39 is 10.0 Å². The zero-order valence-electron chi connectivity index (χ0n) is 12.1. The highest BCUT2D eigenvalue weighted by Gasteiger charge is 2.16. The Bertz CT molecular complexity index is 648. The zero-order chi connectivity index (χ0) is 15.3. The second-order valence-electron chi connectivity index (χ2n) is 5.00. The summed E-state index contributed by atoms with van der Waals surface area (Å²) < 4.78 is 28.5. The Balaban J connectivity index is 1.92. The Morgan fingerprint density at radius 1 is 1.43 bits per heavy atom. The Morgan fingerprint density at radius 3 is 2.90 bits per heavy atom. The smallest absolute Gasteiger partial charge is 0.243 e. The molecular weight excluding hydrogens is 308 g/mol. The maximum Gasteiger partial charge on any atom is 0.243 e. The van der Waals surface area contributed by atoms with Crippen LogP contribution in [0.2, 0.25) is 0 Å². The molecule has 0 saturated heterocycles. The molecule has 0 amide bonds. The van der Waals surface area contributed by atoms with Crippen molar-refractivity contribution in [1.29, 1.82) is 0 Å². The fourth-order valence-electron chi connectivity index (χ4n) is 1.73. The van der Waals surface area contributed by atoms with Gasteiger partial charge in [0.15, 0.2) is 0 Å². The van der Waals surface area contributed by atoms with Gasteiger partial charge in [0.05, 0.1) is 12.7 Å². The number of aromatic nitrogens is 2. The van der Waals surface area contributed by atoms with Crippen LogP contribution in [0.4, 0.5) is 0 Å². The normalized spacial score (nSPS) is 12.1. The topological polar surface area (TPSA) is 76.0 Å². The van der Waals surface area contributed by atoms with Gasteiger partial charge in [-0.05, 0) is 22.4 Å². The average molecular weight is 328 g/mol. The lowest BCUT2D eigenvalue weighted by Crippen LogP contribution is -2.26.